The number of anilines is 5. The average molecular weight is 2100 g/mol. The minimum absolute atomic E-state index is 0.330. The van der Waals surface area contributed by atoms with E-state index in [0.717, 1.165) is 289 Å². The van der Waals surface area contributed by atoms with E-state index in [2.05, 4.69) is 276 Å². The molecular weight excluding hydrogens is 1950 g/mol. The van der Waals surface area contributed by atoms with Crippen LogP contribution in [0.15, 0.2) is 188 Å². The maximum Gasteiger partial charge on any atom is 0.154 e. The monoisotopic (exact) mass is 2090 g/mol. The molecule has 0 aliphatic carbocycles. The maximum atomic E-state index is 6.31. The molecule has 5 heterocycles. The van der Waals surface area contributed by atoms with Crippen molar-refractivity contribution in [1.29, 1.82) is 0 Å². The summed E-state index contributed by atoms with van der Waals surface area (Å²) in [7, 11) is 12.5. The average Bonchev–Trinajstić information content (AvgIpc) is 0.796. The number of hydrogen-bond donors (Lipinski definition) is 5. The quantitative estimate of drug-likeness (QED) is 0.0226. The van der Waals surface area contributed by atoms with E-state index in [1.165, 1.54) is 29.5 Å². The SMILES string of the molecule is CCN(CC)CCCC(C)Nc1nc(/C=C/c2ccc(C)c(Cl)c2)nc2c(C)cccc12.CCN(CC)CCCC(C)Nc1nc(CCc2ccc(C)c(Cl)c2)nc2c(C)cccc12.Cc1ccc(/C=C/c2nc(NCCCN(C)C)c3ccc(Cl)cc3n2)cc1.Cc1ccc(/C=C/c2nc(NCCCN(C)C)c3ccc(Cl)cc3n2)cc1Cl.Cc1ccc(/C=C/c2nc(NCCCN(C)C)c3cccc(C)c3n2)cc1Cl. The molecule has 0 saturated carbocycles. The molecular formula is C121H148Cl6N20. The van der Waals surface area contributed by atoms with Crippen LogP contribution < -0.4 is 26.6 Å². The first-order valence-corrected chi connectivity index (χ1v) is 53.7. The van der Waals surface area contributed by atoms with Crippen LogP contribution in [0.2, 0.25) is 30.1 Å². The Balaban J connectivity index is 0.000000175. The van der Waals surface area contributed by atoms with Gasteiger partial charge >= 0.3 is 0 Å². The topological polar surface area (TPSA) is 205 Å². The summed E-state index contributed by atoms with van der Waals surface area (Å²) in [4.78, 5) is 59.3. The van der Waals surface area contributed by atoms with Crippen LogP contribution in [-0.2, 0) is 12.8 Å². The third kappa shape index (κ3) is 37.0. The van der Waals surface area contributed by atoms with Gasteiger partial charge in [-0.15, -0.1) is 0 Å². The van der Waals surface area contributed by atoms with Crippen molar-refractivity contribution in [2.45, 2.75) is 167 Å². The Morgan fingerprint density at radius 2 is 0.626 bits per heavy atom. The Labute approximate surface area is 903 Å². The van der Waals surface area contributed by atoms with Crippen LogP contribution in [0.1, 0.15) is 188 Å². The van der Waals surface area contributed by atoms with Crippen LogP contribution in [0.25, 0.3) is 103 Å². The fraction of sp³-hybridized carbons (Fsp3) is 0.355. The number of aromatic nitrogens is 10. The van der Waals surface area contributed by atoms with Crippen molar-refractivity contribution in [1.82, 2.24) is 74.3 Å². The number of benzene rings is 10. The highest BCUT2D eigenvalue weighted by Gasteiger charge is 2.19. The van der Waals surface area contributed by atoms with Gasteiger partial charge in [-0.2, -0.15) is 0 Å². The van der Waals surface area contributed by atoms with Gasteiger partial charge < -0.3 is 51.1 Å². The van der Waals surface area contributed by atoms with Gasteiger partial charge in [-0.1, -0.05) is 236 Å². The molecule has 15 rings (SSSR count). The Hall–Kier alpha value is -11.6. The summed E-state index contributed by atoms with van der Waals surface area (Å²) >= 11 is 37.4. The zero-order valence-corrected chi connectivity index (χ0v) is 94.0. The lowest BCUT2D eigenvalue weighted by Gasteiger charge is -2.21. The Kier molecular flexibility index (Phi) is 46.4. The minimum Gasteiger partial charge on any atom is -0.369 e. The number of aryl methyl sites for hydroxylation is 10. The summed E-state index contributed by atoms with van der Waals surface area (Å²) in [6.07, 6.45) is 25.1. The highest BCUT2D eigenvalue weighted by molar-refractivity contribution is 6.33. The van der Waals surface area contributed by atoms with Crippen molar-refractivity contribution in [3.05, 3.63) is 320 Å². The fourth-order valence-electron chi connectivity index (χ4n) is 16.5. The predicted molar refractivity (Wildman–Crippen MR) is 636 cm³/mol. The van der Waals surface area contributed by atoms with E-state index < -0.39 is 0 Å². The van der Waals surface area contributed by atoms with Crippen LogP contribution in [0.4, 0.5) is 29.1 Å². The first-order valence-electron chi connectivity index (χ1n) is 51.4. The second kappa shape index (κ2) is 59.0. The second-order valence-electron chi connectivity index (χ2n) is 38.5. The van der Waals surface area contributed by atoms with E-state index in [1.54, 1.807) is 0 Å². The lowest BCUT2D eigenvalue weighted by atomic mass is 10.1. The van der Waals surface area contributed by atoms with Crippen molar-refractivity contribution in [2.75, 3.05) is 147 Å². The van der Waals surface area contributed by atoms with Gasteiger partial charge in [0.05, 0.1) is 27.6 Å². The van der Waals surface area contributed by atoms with Gasteiger partial charge in [0.2, 0.25) is 0 Å². The molecule has 5 aromatic heterocycles. The summed E-state index contributed by atoms with van der Waals surface area (Å²) in [6, 6.07) is 63.6. The Bertz CT molecular complexity index is 6940. The fourth-order valence-corrected chi connectivity index (χ4v) is 17.6. The van der Waals surface area contributed by atoms with Gasteiger partial charge in [-0.25, -0.2) is 49.8 Å². The first kappa shape index (κ1) is 116. The lowest BCUT2D eigenvalue weighted by molar-refractivity contribution is 0.295. The standard InChI is InChI=1S/C27H37ClN4.C27H35ClN4.C23H27ClN4.C22H24Cl2N4.C22H25ClN4/c2*1-6-32(7-2)17-9-11-21(5)29-27-23-12-8-10-20(4)26(23)30-25(31-27)16-15-22-14-13-19(3)24(28)18-22;1-16-9-10-18(15-20(16)24)11-12-21-26-22-17(2)7-5-8-19(22)23(27-21)25-13-6-14-28(3)4;1-15-5-6-16(13-19(15)24)7-10-21-26-20-14-17(23)8-9-18(20)22(27-21)25-11-4-12-28(2)3;1-16-5-7-17(8-6-16)9-12-21-25-20-15-18(23)10-11-19(20)22(26-21)24-13-4-14-27(2)3/h8,10,12-14,18,21H,6-7,9,11,15-17H2,1-5H3,(H,29,30,31);8,10,12-16,18,21H,6-7,9,11,17H2,1-5H3,(H,29,30,31);5,7-12,15H,6,13-14H2,1-4H3,(H,25,26,27);5-10,13-14H,4,11-12H2,1-3H3,(H,25,26,27);5-12,15H,4,13-14H2,1-3H3,(H,24,25,26)/b;16-15+;12-11+;10-7+;12-9+. The molecule has 147 heavy (non-hydrogen) atoms. The molecule has 5 N–H and O–H groups in total. The van der Waals surface area contributed by atoms with Crippen LogP contribution in [0, 0.1) is 55.4 Å². The maximum absolute atomic E-state index is 6.31. The number of hydrogen-bond acceptors (Lipinski definition) is 20. The van der Waals surface area contributed by atoms with Gasteiger partial charge in [0.15, 0.2) is 23.3 Å². The molecule has 15 aromatic rings. The van der Waals surface area contributed by atoms with Crippen molar-refractivity contribution in [3.8, 4) is 0 Å². The van der Waals surface area contributed by atoms with E-state index in [1.807, 2.05) is 161 Å². The van der Waals surface area contributed by atoms with Gasteiger partial charge in [0.25, 0.3) is 0 Å². The molecule has 774 valence electrons. The molecule has 2 atom stereocenters. The molecule has 10 aromatic carbocycles. The van der Waals surface area contributed by atoms with Gasteiger partial charge in [0, 0.05) is 95.2 Å². The number of nitrogens with one attached hydrogen (secondary N) is 5. The summed E-state index contributed by atoms with van der Waals surface area (Å²) < 4.78 is 0. The number of fused-ring (bicyclic) bond motifs is 5. The molecule has 0 amide bonds. The number of para-hydroxylation sites is 3. The zero-order chi connectivity index (χ0) is 106. The van der Waals surface area contributed by atoms with Crippen LogP contribution in [-0.4, -0.2) is 207 Å². The molecule has 26 heteroatoms. The number of halogens is 6. The summed E-state index contributed by atoms with van der Waals surface area (Å²) in [5, 5.41) is 27.3. The smallest absolute Gasteiger partial charge is 0.154 e. The highest BCUT2D eigenvalue weighted by Crippen LogP contribution is 2.33. The molecule has 0 aliphatic rings. The molecule has 0 fully saturated rings. The second-order valence-corrected chi connectivity index (χ2v) is 41.0. The molecule has 2 unspecified atom stereocenters. The normalized spacial score (nSPS) is 12.0. The Morgan fingerprint density at radius 1 is 0.293 bits per heavy atom. The summed E-state index contributed by atoms with van der Waals surface area (Å²) in [6.45, 7) is 42.2. The van der Waals surface area contributed by atoms with Gasteiger partial charge in [-0.3, -0.25) is 0 Å². The molecule has 0 saturated heterocycles. The molecule has 20 nitrogen and oxygen atoms in total. The predicted octanol–water partition coefficient (Wildman–Crippen LogP) is 29.9. The van der Waals surface area contributed by atoms with E-state index in [-0.39, 0.29) is 0 Å². The van der Waals surface area contributed by atoms with E-state index in [9.17, 15) is 0 Å². The third-order valence-corrected chi connectivity index (χ3v) is 27.6. The van der Waals surface area contributed by atoms with Gasteiger partial charge in [0.1, 0.15) is 34.9 Å². The Morgan fingerprint density at radius 3 is 1.00 bits per heavy atom. The molecule has 0 bridgehead atoms. The first-order chi connectivity index (χ1) is 70.7. The van der Waals surface area contributed by atoms with Crippen LogP contribution in [0.3, 0.4) is 0 Å². The third-order valence-electron chi connectivity index (χ3n) is 25.5. The molecule has 0 radical (unpaired) electrons. The molecule has 0 aliphatic heterocycles. The van der Waals surface area contributed by atoms with Crippen LogP contribution >= 0.6 is 69.6 Å². The zero-order valence-electron chi connectivity index (χ0n) is 89.5. The number of nitrogens with zero attached hydrogens (tertiary/aromatic N) is 15. The van der Waals surface area contributed by atoms with Crippen molar-refractivity contribution in [2.24, 2.45) is 0 Å². The lowest BCUT2D eigenvalue weighted by Crippen LogP contribution is -2.26. The minimum atomic E-state index is 0.330. The van der Waals surface area contributed by atoms with Crippen molar-refractivity contribution < 1.29 is 0 Å². The largest absolute Gasteiger partial charge is 0.369 e. The molecule has 0 spiro atoms. The highest BCUT2D eigenvalue weighted by atomic mass is 35.5. The van der Waals surface area contributed by atoms with Crippen molar-refractivity contribution in [3.63, 3.8) is 0 Å². The van der Waals surface area contributed by atoms with E-state index in [4.69, 9.17) is 109 Å². The summed E-state index contributed by atoms with van der Waals surface area (Å²) in [5.74, 6) is 7.95. The van der Waals surface area contributed by atoms with E-state index >= 15 is 0 Å². The van der Waals surface area contributed by atoms with Crippen molar-refractivity contribution >= 4 is 202 Å². The number of rotatable bonds is 42. The summed E-state index contributed by atoms with van der Waals surface area (Å²) in [5.41, 5.74) is 19.1. The van der Waals surface area contributed by atoms with Crippen LogP contribution in [0.5, 0.6) is 0 Å². The van der Waals surface area contributed by atoms with E-state index in [0.29, 0.717) is 45.4 Å². The van der Waals surface area contributed by atoms with Gasteiger partial charge in [-0.05, 0) is 392 Å².